The number of hydrogen-bond acceptors (Lipinski definition) is 6. The monoisotopic (exact) mass is 399 g/mol. The first kappa shape index (κ1) is 21.6. The Morgan fingerprint density at radius 2 is 1.69 bits per heavy atom. The van der Waals surface area contributed by atoms with E-state index in [0.717, 1.165) is 11.0 Å². The third-order valence-electron chi connectivity index (χ3n) is 5.77. The summed E-state index contributed by atoms with van der Waals surface area (Å²) in [6.07, 6.45) is 0. The number of nitrogens with zero attached hydrogens (tertiary/aromatic N) is 1. The van der Waals surface area contributed by atoms with Gasteiger partial charge in [-0.2, -0.15) is 0 Å². The first-order valence-corrected chi connectivity index (χ1v) is 10.1. The van der Waals surface area contributed by atoms with Crippen LogP contribution < -0.4 is 5.46 Å². The molecule has 1 aliphatic heterocycles. The van der Waals surface area contributed by atoms with E-state index in [4.69, 9.17) is 18.6 Å². The van der Waals surface area contributed by atoms with Gasteiger partial charge in [0.1, 0.15) is 11.6 Å². The molecule has 1 aromatic carbocycles. The Hall–Kier alpha value is -2.12. The quantitative estimate of drug-likeness (QED) is 0.541. The van der Waals surface area contributed by atoms with Crippen LogP contribution in [0.3, 0.4) is 0 Å². The van der Waals surface area contributed by atoms with Gasteiger partial charge in [0.05, 0.1) is 17.8 Å². The fourth-order valence-electron chi connectivity index (χ4n) is 3.31. The lowest BCUT2D eigenvalue weighted by atomic mass is 9.79. The smallest absolute Gasteiger partial charge is 0.465 e. The molecule has 0 bridgehead atoms. The van der Waals surface area contributed by atoms with Crippen molar-refractivity contribution in [3.63, 3.8) is 0 Å². The van der Waals surface area contributed by atoms with Gasteiger partial charge in [0.15, 0.2) is 5.76 Å². The zero-order chi connectivity index (χ0) is 21.4. The minimum atomic E-state index is -0.472. The molecule has 0 amide bonds. The molecule has 0 radical (unpaired) electrons. The molecule has 1 atom stereocenters. The summed E-state index contributed by atoms with van der Waals surface area (Å²) in [4.78, 5) is 12.3. The van der Waals surface area contributed by atoms with Crippen LogP contribution in [0.5, 0.6) is 0 Å². The van der Waals surface area contributed by atoms with Gasteiger partial charge in [-0.25, -0.2) is 0 Å². The maximum Gasteiger partial charge on any atom is 0.494 e. The Morgan fingerprint density at radius 3 is 2.21 bits per heavy atom. The predicted octanol–water partition coefficient (Wildman–Crippen LogP) is 3.94. The number of ether oxygens (including phenoxy) is 1. The Morgan fingerprint density at radius 1 is 1.10 bits per heavy atom. The van der Waals surface area contributed by atoms with Crippen LogP contribution in [0.25, 0.3) is 11.3 Å². The van der Waals surface area contributed by atoms with Crippen molar-refractivity contribution in [2.24, 2.45) is 5.92 Å². The minimum Gasteiger partial charge on any atom is -0.465 e. The second kappa shape index (κ2) is 7.96. The van der Waals surface area contributed by atoms with Crippen molar-refractivity contribution in [3.8, 4) is 11.3 Å². The minimum absolute atomic E-state index is 0.0422. The van der Waals surface area contributed by atoms with Gasteiger partial charge in [0.25, 0.3) is 0 Å². The molecular weight excluding hydrogens is 369 g/mol. The van der Waals surface area contributed by atoms with Gasteiger partial charge in [-0.3, -0.25) is 4.79 Å². The topological polar surface area (TPSA) is 70.8 Å². The van der Waals surface area contributed by atoms with Crippen LogP contribution in [0, 0.1) is 5.92 Å². The first-order chi connectivity index (χ1) is 13.6. The molecule has 1 fully saturated rings. The maximum atomic E-state index is 12.3. The Labute approximate surface area is 173 Å². The van der Waals surface area contributed by atoms with Crippen LogP contribution in [0.15, 0.2) is 34.9 Å². The molecule has 2 heterocycles. The van der Waals surface area contributed by atoms with Crippen molar-refractivity contribution in [1.29, 1.82) is 0 Å². The van der Waals surface area contributed by atoms with Gasteiger partial charge in [0, 0.05) is 11.6 Å². The summed E-state index contributed by atoms with van der Waals surface area (Å²) in [6.45, 7) is 14.2. The molecule has 156 valence electrons. The molecule has 29 heavy (non-hydrogen) atoms. The number of carbonyl (C=O) groups excluding carboxylic acids is 1. The molecule has 1 saturated heterocycles. The van der Waals surface area contributed by atoms with Gasteiger partial charge in [-0.05, 0) is 46.0 Å². The number of aromatic nitrogens is 1. The van der Waals surface area contributed by atoms with Crippen LogP contribution >= 0.6 is 0 Å². The number of benzene rings is 1. The normalized spacial score (nSPS) is 18.8. The molecular formula is C22H30BNO5. The van der Waals surface area contributed by atoms with E-state index >= 15 is 0 Å². The second-order valence-corrected chi connectivity index (χ2v) is 8.80. The highest BCUT2D eigenvalue weighted by Crippen LogP contribution is 2.36. The van der Waals surface area contributed by atoms with Gasteiger partial charge < -0.3 is 18.6 Å². The van der Waals surface area contributed by atoms with E-state index < -0.39 is 13.0 Å². The number of carbonyl (C=O) groups is 1. The van der Waals surface area contributed by atoms with Crippen molar-refractivity contribution in [2.75, 3.05) is 6.61 Å². The summed E-state index contributed by atoms with van der Waals surface area (Å²) >= 11 is 0. The lowest BCUT2D eigenvalue weighted by Crippen LogP contribution is -2.41. The zero-order valence-corrected chi connectivity index (χ0v) is 18.3. The third kappa shape index (κ3) is 4.26. The lowest BCUT2D eigenvalue weighted by molar-refractivity contribution is -0.146. The highest BCUT2D eigenvalue weighted by molar-refractivity contribution is 6.62. The summed E-state index contributed by atoms with van der Waals surface area (Å²) in [7, 11) is -0.406. The van der Waals surface area contributed by atoms with E-state index in [0.29, 0.717) is 18.1 Å². The average Bonchev–Trinajstić information content (AvgIpc) is 3.18. The second-order valence-electron chi connectivity index (χ2n) is 8.80. The summed E-state index contributed by atoms with van der Waals surface area (Å²) in [5.41, 5.74) is 1.76. The van der Waals surface area contributed by atoms with Crippen molar-refractivity contribution in [3.05, 3.63) is 36.1 Å². The van der Waals surface area contributed by atoms with E-state index in [1.165, 1.54) is 0 Å². The number of esters is 1. The summed E-state index contributed by atoms with van der Waals surface area (Å²) in [6, 6.07) is 9.66. The molecule has 1 aromatic heterocycles. The Balaban J connectivity index is 1.79. The van der Waals surface area contributed by atoms with Gasteiger partial charge >= 0.3 is 13.1 Å². The van der Waals surface area contributed by atoms with E-state index in [-0.39, 0.29) is 23.1 Å². The van der Waals surface area contributed by atoms with Crippen LogP contribution in [-0.2, 0) is 18.8 Å². The highest BCUT2D eigenvalue weighted by atomic mass is 16.7. The SMILES string of the molecule is CCOC(=O)C(c1cc(-c2ccc(B3OC(C)(C)C(C)(C)O3)cc2)no1)C(C)C. The van der Waals surface area contributed by atoms with Crippen molar-refractivity contribution >= 4 is 18.6 Å². The largest absolute Gasteiger partial charge is 0.494 e. The van der Waals surface area contributed by atoms with Gasteiger partial charge in [0.2, 0.25) is 0 Å². The standard InChI is InChI=1S/C22H30BNO5/c1-8-26-20(25)19(14(2)3)18-13-17(24-27-18)15-9-11-16(12-10-15)23-28-21(4,5)22(6,7)29-23/h9-14,19H,8H2,1-7H3. The predicted molar refractivity (Wildman–Crippen MR) is 112 cm³/mol. The number of hydrogen-bond donors (Lipinski definition) is 0. The van der Waals surface area contributed by atoms with Gasteiger partial charge in [-0.15, -0.1) is 0 Å². The third-order valence-corrected chi connectivity index (χ3v) is 5.77. The van der Waals surface area contributed by atoms with E-state index in [1.54, 1.807) is 6.92 Å². The van der Waals surface area contributed by atoms with Crippen LogP contribution in [0.4, 0.5) is 0 Å². The molecule has 2 aromatic rings. The fraction of sp³-hybridized carbons (Fsp3) is 0.545. The Kier molecular flexibility index (Phi) is 5.92. The molecule has 1 aliphatic rings. The van der Waals surface area contributed by atoms with Crippen LogP contribution in [-0.4, -0.2) is 36.1 Å². The van der Waals surface area contributed by atoms with Gasteiger partial charge in [-0.1, -0.05) is 43.3 Å². The van der Waals surface area contributed by atoms with E-state index in [1.807, 2.05) is 71.9 Å². The molecule has 0 spiro atoms. The zero-order valence-electron chi connectivity index (χ0n) is 18.3. The van der Waals surface area contributed by atoms with E-state index in [2.05, 4.69) is 5.16 Å². The van der Waals surface area contributed by atoms with E-state index in [9.17, 15) is 4.79 Å². The summed E-state index contributed by atoms with van der Waals surface area (Å²) < 4.78 is 22.9. The summed E-state index contributed by atoms with van der Waals surface area (Å²) in [5, 5.41) is 4.16. The molecule has 7 heteroatoms. The van der Waals surface area contributed by atoms with Crippen molar-refractivity contribution < 1.29 is 23.4 Å². The van der Waals surface area contributed by atoms with Crippen molar-refractivity contribution in [2.45, 2.75) is 65.6 Å². The number of rotatable bonds is 6. The summed E-state index contributed by atoms with van der Waals surface area (Å²) in [5.74, 6) is -0.203. The highest BCUT2D eigenvalue weighted by Gasteiger charge is 2.51. The lowest BCUT2D eigenvalue weighted by Gasteiger charge is -2.32. The van der Waals surface area contributed by atoms with Crippen LogP contribution in [0.2, 0.25) is 0 Å². The molecule has 6 nitrogen and oxygen atoms in total. The average molecular weight is 399 g/mol. The maximum absolute atomic E-state index is 12.3. The molecule has 3 rings (SSSR count). The molecule has 1 unspecified atom stereocenters. The van der Waals surface area contributed by atoms with Crippen molar-refractivity contribution in [1.82, 2.24) is 5.16 Å². The van der Waals surface area contributed by atoms with Crippen LogP contribution in [0.1, 0.15) is 60.1 Å². The first-order valence-electron chi connectivity index (χ1n) is 10.1. The molecule has 0 saturated carbocycles. The molecule has 0 N–H and O–H groups in total. The Bertz CT molecular complexity index is 840. The molecule has 0 aliphatic carbocycles. The fourth-order valence-corrected chi connectivity index (χ4v) is 3.31.